The van der Waals surface area contributed by atoms with Crippen LogP contribution in [0.5, 0.6) is 5.75 Å². The van der Waals surface area contributed by atoms with Crippen molar-refractivity contribution in [2.45, 2.75) is 19.5 Å². The first-order valence-corrected chi connectivity index (χ1v) is 7.89. The van der Waals surface area contributed by atoms with Gasteiger partial charge in [-0.25, -0.2) is 9.78 Å². The van der Waals surface area contributed by atoms with Gasteiger partial charge in [0.2, 0.25) is 0 Å². The van der Waals surface area contributed by atoms with E-state index < -0.39 is 17.7 Å². The molecule has 26 heavy (non-hydrogen) atoms. The van der Waals surface area contributed by atoms with Crippen molar-refractivity contribution in [1.82, 2.24) is 9.55 Å². The van der Waals surface area contributed by atoms with E-state index in [1.807, 2.05) is 0 Å². The zero-order chi connectivity index (χ0) is 18.9. The third-order valence-corrected chi connectivity index (χ3v) is 3.84. The van der Waals surface area contributed by atoms with Crippen LogP contribution < -0.4 is 4.89 Å². The number of carbonyl (C=O) groups excluding carboxylic acids is 1. The lowest BCUT2D eigenvalue weighted by atomic mass is 10.2. The molecule has 0 bridgehead atoms. The number of fused-ring (bicyclic) bond motifs is 1. The smallest absolute Gasteiger partial charge is 0.300 e. The highest BCUT2D eigenvalue weighted by molar-refractivity contribution is 6.32. The molecule has 0 saturated carbocycles. The number of nitrogens with zero attached hydrogens (tertiary/aromatic N) is 2. The Morgan fingerprint density at radius 1 is 1.27 bits per heavy atom. The maximum absolute atomic E-state index is 12.8. The number of hydrogen-bond donors (Lipinski definition) is 0. The van der Waals surface area contributed by atoms with Gasteiger partial charge in [-0.05, 0) is 24.3 Å². The molecule has 0 spiro atoms. The number of benzene rings is 1. The number of hydrogen-bond acceptors (Lipinski definition) is 4. The molecule has 0 amide bonds. The van der Waals surface area contributed by atoms with Crippen molar-refractivity contribution >= 4 is 28.5 Å². The average Bonchev–Trinajstić information content (AvgIpc) is 3.01. The van der Waals surface area contributed by atoms with E-state index in [1.165, 1.54) is 4.57 Å². The molecule has 3 aromatic rings. The van der Waals surface area contributed by atoms with Gasteiger partial charge in [0.05, 0.1) is 16.1 Å². The van der Waals surface area contributed by atoms with Gasteiger partial charge in [-0.3, -0.25) is 14.3 Å². The molecular weight excluding hydrogens is 373 g/mol. The molecule has 0 fully saturated rings. The van der Waals surface area contributed by atoms with Crippen molar-refractivity contribution in [3.63, 3.8) is 0 Å². The second kappa shape index (κ2) is 6.87. The summed E-state index contributed by atoms with van der Waals surface area (Å²) in [7, 11) is 0. The quantitative estimate of drug-likeness (QED) is 0.472. The summed E-state index contributed by atoms with van der Waals surface area (Å²) in [4.78, 5) is 24.6. The molecule has 5 nitrogen and oxygen atoms in total. The van der Waals surface area contributed by atoms with Crippen LogP contribution in [0, 0.1) is 0 Å². The van der Waals surface area contributed by atoms with Gasteiger partial charge in [0.1, 0.15) is 0 Å². The van der Waals surface area contributed by atoms with E-state index in [0.717, 1.165) is 17.6 Å². The average molecular weight is 385 g/mol. The molecular formula is C17H12ClF3N2O3. The molecule has 3 rings (SSSR count). The van der Waals surface area contributed by atoms with Crippen LogP contribution in [0.15, 0.2) is 42.7 Å². The highest BCUT2D eigenvalue weighted by atomic mass is 35.5. The molecule has 1 aromatic carbocycles. The first-order valence-electron chi connectivity index (χ1n) is 7.51. The van der Waals surface area contributed by atoms with Gasteiger partial charge >= 0.3 is 12.1 Å². The van der Waals surface area contributed by atoms with Crippen LogP contribution in [0.3, 0.4) is 0 Å². The van der Waals surface area contributed by atoms with Gasteiger partial charge < -0.3 is 0 Å². The Kier molecular flexibility index (Phi) is 4.78. The SMILES string of the molecule is CCC(=O)OOc1ccc2ccn(-c3ncc(C(F)(F)F)cc3Cl)c2c1. The summed E-state index contributed by atoms with van der Waals surface area (Å²) in [6.45, 7) is 1.62. The maximum Gasteiger partial charge on any atom is 0.417 e. The Hall–Kier alpha value is -2.74. The van der Waals surface area contributed by atoms with Crippen LogP contribution in [0.25, 0.3) is 16.7 Å². The van der Waals surface area contributed by atoms with Crippen LogP contribution in [0.2, 0.25) is 5.02 Å². The van der Waals surface area contributed by atoms with Gasteiger partial charge in [-0.2, -0.15) is 13.2 Å². The van der Waals surface area contributed by atoms with E-state index in [1.54, 1.807) is 37.4 Å². The Labute approximate surface area is 150 Å². The van der Waals surface area contributed by atoms with Gasteiger partial charge in [-0.15, -0.1) is 0 Å². The van der Waals surface area contributed by atoms with E-state index in [-0.39, 0.29) is 23.0 Å². The lowest BCUT2D eigenvalue weighted by molar-refractivity contribution is -0.213. The molecule has 136 valence electrons. The Bertz CT molecular complexity index is 970. The molecule has 0 aliphatic rings. The molecule has 0 unspecified atom stereocenters. The van der Waals surface area contributed by atoms with Crippen molar-refractivity contribution in [1.29, 1.82) is 0 Å². The third kappa shape index (κ3) is 3.60. The van der Waals surface area contributed by atoms with E-state index in [9.17, 15) is 18.0 Å². The van der Waals surface area contributed by atoms with Crippen molar-refractivity contribution in [3.05, 3.63) is 53.3 Å². The summed E-state index contributed by atoms with van der Waals surface area (Å²) in [5, 5.41) is 0.623. The Morgan fingerprint density at radius 3 is 2.69 bits per heavy atom. The molecule has 0 aliphatic carbocycles. The Balaban J connectivity index is 1.99. The lowest BCUT2D eigenvalue weighted by Crippen LogP contribution is -2.07. The van der Waals surface area contributed by atoms with Crippen molar-refractivity contribution in [3.8, 4) is 11.6 Å². The van der Waals surface area contributed by atoms with Crippen LogP contribution >= 0.6 is 11.6 Å². The first kappa shape index (κ1) is 18.1. The summed E-state index contributed by atoms with van der Waals surface area (Å²) in [5.74, 6) is -0.146. The Morgan fingerprint density at radius 2 is 2.04 bits per heavy atom. The van der Waals surface area contributed by atoms with Gasteiger partial charge in [0.25, 0.3) is 0 Å². The fraction of sp³-hybridized carbons (Fsp3) is 0.176. The molecule has 0 aliphatic heterocycles. The zero-order valence-corrected chi connectivity index (χ0v) is 14.1. The molecule has 0 saturated heterocycles. The summed E-state index contributed by atoms with van der Waals surface area (Å²) >= 11 is 6.00. The van der Waals surface area contributed by atoms with Gasteiger partial charge in [0.15, 0.2) is 11.6 Å². The number of carbonyl (C=O) groups is 1. The minimum absolute atomic E-state index is 0.136. The molecule has 0 atom stereocenters. The molecule has 0 N–H and O–H groups in total. The van der Waals surface area contributed by atoms with E-state index >= 15 is 0 Å². The van der Waals surface area contributed by atoms with Crippen LogP contribution in [-0.4, -0.2) is 15.5 Å². The largest absolute Gasteiger partial charge is 0.417 e. The summed E-state index contributed by atoms with van der Waals surface area (Å²) in [6, 6.07) is 7.43. The predicted molar refractivity (Wildman–Crippen MR) is 88.1 cm³/mol. The second-order valence-corrected chi connectivity index (χ2v) is 5.73. The summed E-state index contributed by atoms with van der Waals surface area (Å²) < 4.78 is 39.8. The minimum Gasteiger partial charge on any atom is -0.300 e. The molecule has 2 heterocycles. The van der Waals surface area contributed by atoms with Crippen LogP contribution in [0.4, 0.5) is 13.2 Å². The third-order valence-electron chi connectivity index (χ3n) is 3.56. The fourth-order valence-electron chi connectivity index (χ4n) is 2.26. The van der Waals surface area contributed by atoms with E-state index in [2.05, 4.69) is 9.87 Å². The normalized spacial score (nSPS) is 11.6. The highest BCUT2D eigenvalue weighted by Gasteiger charge is 2.31. The summed E-state index contributed by atoms with van der Waals surface area (Å²) in [6.07, 6.45) is -2.04. The first-order chi connectivity index (χ1) is 12.3. The van der Waals surface area contributed by atoms with Crippen molar-refractivity contribution in [2.75, 3.05) is 0 Å². The lowest BCUT2D eigenvalue weighted by Gasteiger charge is -2.11. The van der Waals surface area contributed by atoms with Gasteiger partial charge in [-0.1, -0.05) is 18.5 Å². The van der Waals surface area contributed by atoms with E-state index in [4.69, 9.17) is 16.5 Å². The van der Waals surface area contributed by atoms with Crippen molar-refractivity contribution < 1.29 is 27.7 Å². The molecule has 0 radical (unpaired) electrons. The fourth-order valence-corrected chi connectivity index (χ4v) is 2.52. The molecule has 2 aromatic heterocycles. The van der Waals surface area contributed by atoms with E-state index in [0.29, 0.717) is 5.52 Å². The zero-order valence-electron chi connectivity index (χ0n) is 13.4. The number of halogens is 4. The van der Waals surface area contributed by atoms with Crippen LogP contribution in [0.1, 0.15) is 18.9 Å². The minimum atomic E-state index is -4.53. The monoisotopic (exact) mass is 384 g/mol. The highest BCUT2D eigenvalue weighted by Crippen LogP contribution is 2.33. The number of rotatable bonds is 4. The topological polar surface area (TPSA) is 53.4 Å². The number of alkyl halides is 3. The predicted octanol–water partition coefficient (Wildman–Crippen LogP) is 4.94. The molecule has 9 heteroatoms. The number of pyridine rings is 1. The van der Waals surface area contributed by atoms with Gasteiger partial charge in [0, 0.05) is 30.3 Å². The second-order valence-electron chi connectivity index (χ2n) is 5.33. The number of aromatic nitrogens is 2. The maximum atomic E-state index is 12.8. The summed E-state index contributed by atoms with van der Waals surface area (Å²) in [5.41, 5.74) is -0.359. The van der Waals surface area contributed by atoms with Crippen molar-refractivity contribution in [2.24, 2.45) is 0 Å². The standard InChI is InChI=1S/C17H12ClF3N2O3/c1-2-15(24)26-25-12-4-3-10-5-6-23(14(10)8-12)16-13(18)7-11(9-22-16)17(19,20)21/h3-9H,2H2,1H3. The van der Waals surface area contributed by atoms with Crippen LogP contribution in [-0.2, 0) is 15.9 Å².